The lowest BCUT2D eigenvalue weighted by atomic mass is 10.2. The first-order valence-electron chi connectivity index (χ1n) is 7.94. The number of fused-ring (bicyclic) bond motifs is 4. The number of hydrogen-bond donors (Lipinski definition) is 0. The van der Waals surface area contributed by atoms with Gasteiger partial charge in [-0.2, -0.15) is 0 Å². The summed E-state index contributed by atoms with van der Waals surface area (Å²) in [5.41, 5.74) is 0.858. The van der Waals surface area contributed by atoms with E-state index in [2.05, 4.69) is 14.9 Å². The number of pyridine rings is 2. The maximum absolute atomic E-state index is 13.4. The Morgan fingerprint density at radius 1 is 1.33 bits per heavy atom. The van der Waals surface area contributed by atoms with Gasteiger partial charge in [0.2, 0.25) is 0 Å². The van der Waals surface area contributed by atoms with Crippen molar-refractivity contribution >= 4 is 21.5 Å². The number of anilines is 2. The summed E-state index contributed by atoms with van der Waals surface area (Å²) in [5, 5.41) is 0. The zero-order valence-electron chi connectivity index (χ0n) is 13.3. The quantitative estimate of drug-likeness (QED) is 0.838. The molecule has 1 unspecified atom stereocenters. The Bertz CT molecular complexity index is 871. The lowest BCUT2D eigenvalue weighted by molar-refractivity contribution is 0.330. The fourth-order valence-corrected chi connectivity index (χ4v) is 5.10. The van der Waals surface area contributed by atoms with Crippen molar-refractivity contribution in [3.8, 4) is 5.75 Å². The number of nitrogens with zero attached hydrogens (tertiary/aromatic N) is 4. The molecule has 1 saturated heterocycles. The maximum atomic E-state index is 13.4. The monoisotopic (exact) mass is 346 g/mol. The second kappa shape index (κ2) is 5.62. The molecule has 1 fully saturated rings. The number of hydrogen-bond acceptors (Lipinski definition) is 6. The van der Waals surface area contributed by atoms with E-state index < -0.39 is 10.0 Å². The Labute approximate surface area is 140 Å². The van der Waals surface area contributed by atoms with Crippen molar-refractivity contribution < 1.29 is 13.2 Å². The van der Waals surface area contributed by atoms with Gasteiger partial charge < -0.3 is 9.64 Å². The SMILES string of the molecule is CCOc1ccncc1S(=O)(=O)N1c2ncccc2N2CCC1C2. The number of aromatic nitrogens is 2. The van der Waals surface area contributed by atoms with E-state index >= 15 is 0 Å². The highest BCUT2D eigenvalue weighted by Gasteiger charge is 2.44. The van der Waals surface area contributed by atoms with Gasteiger partial charge in [-0.15, -0.1) is 0 Å². The fraction of sp³-hybridized carbons (Fsp3) is 0.375. The van der Waals surface area contributed by atoms with E-state index in [9.17, 15) is 8.42 Å². The molecule has 0 aliphatic carbocycles. The Balaban J connectivity index is 1.87. The van der Waals surface area contributed by atoms with Gasteiger partial charge in [-0.3, -0.25) is 4.98 Å². The smallest absolute Gasteiger partial charge is 0.271 e. The van der Waals surface area contributed by atoms with E-state index in [4.69, 9.17) is 4.74 Å². The van der Waals surface area contributed by atoms with Crippen LogP contribution in [0.3, 0.4) is 0 Å². The van der Waals surface area contributed by atoms with Crippen LogP contribution < -0.4 is 13.9 Å². The molecule has 0 N–H and O–H groups in total. The highest BCUT2D eigenvalue weighted by molar-refractivity contribution is 7.93. The van der Waals surface area contributed by atoms with Gasteiger partial charge in [-0.25, -0.2) is 17.7 Å². The molecule has 0 saturated carbocycles. The first-order chi connectivity index (χ1) is 11.6. The van der Waals surface area contributed by atoms with Crippen molar-refractivity contribution in [2.75, 3.05) is 28.9 Å². The summed E-state index contributed by atoms with van der Waals surface area (Å²) < 4.78 is 33.7. The van der Waals surface area contributed by atoms with Crippen LogP contribution in [0.25, 0.3) is 0 Å². The number of sulfonamides is 1. The molecule has 2 aliphatic rings. The molecule has 2 aromatic heterocycles. The Kier molecular flexibility index (Phi) is 3.56. The summed E-state index contributed by atoms with van der Waals surface area (Å²) in [6, 6.07) is 5.21. The number of rotatable bonds is 4. The van der Waals surface area contributed by atoms with Crippen molar-refractivity contribution in [3.63, 3.8) is 0 Å². The molecule has 0 amide bonds. The molecule has 0 radical (unpaired) electrons. The molecule has 0 aromatic carbocycles. The molecule has 8 heteroatoms. The predicted molar refractivity (Wildman–Crippen MR) is 89.9 cm³/mol. The molecular weight excluding hydrogens is 328 g/mol. The zero-order valence-corrected chi connectivity index (χ0v) is 14.1. The third-order valence-electron chi connectivity index (χ3n) is 4.39. The summed E-state index contributed by atoms with van der Waals surface area (Å²) in [6.45, 7) is 3.73. The van der Waals surface area contributed by atoms with Crippen LogP contribution in [-0.2, 0) is 10.0 Å². The molecule has 1 atom stereocenters. The summed E-state index contributed by atoms with van der Waals surface area (Å²) >= 11 is 0. The van der Waals surface area contributed by atoms with Crippen LogP contribution in [-0.4, -0.2) is 44.1 Å². The van der Waals surface area contributed by atoms with Crippen molar-refractivity contribution in [2.24, 2.45) is 0 Å². The molecule has 7 nitrogen and oxygen atoms in total. The first-order valence-corrected chi connectivity index (χ1v) is 9.38. The molecule has 4 heterocycles. The van der Waals surface area contributed by atoms with Gasteiger partial charge in [0.1, 0.15) is 10.6 Å². The van der Waals surface area contributed by atoms with Gasteiger partial charge in [0.15, 0.2) is 5.82 Å². The third-order valence-corrected chi connectivity index (χ3v) is 6.25. The van der Waals surface area contributed by atoms with E-state index in [1.54, 1.807) is 12.3 Å². The molecule has 126 valence electrons. The van der Waals surface area contributed by atoms with Crippen molar-refractivity contribution in [1.29, 1.82) is 0 Å². The maximum Gasteiger partial charge on any atom is 0.271 e. The van der Waals surface area contributed by atoms with Crippen LogP contribution >= 0.6 is 0 Å². The molecule has 2 bridgehead atoms. The predicted octanol–water partition coefficient (Wildman–Crippen LogP) is 1.66. The first kappa shape index (κ1) is 15.2. The molecule has 24 heavy (non-hydrogen) atoms. The standard InChI is InChI=1S/C16H18N4O3S/c1-2-23-14-5-8-17-10-15(14)24(21,22)20-12-6-9-19(11-12)13-4-3-7-18-16(13)20/h3-5,7-8,10,12H,2,6,9,11H2,1H3. The Morgan fingerprint density at radius 3 is 3.04 bits per heavy atom. The van der Waals surface area contributed by atoms with Gasteiger partial charge in [0.25, 0.3) is 10.0 Å². The summed E-state index contributed by atoms with van der Waals surface area (Å²) in [6.07, 6.45) is 5.29. The lowest BCUT2D eigenvalue weighted by Gasteiger charge is -2.36. The van der Waals surface area contributed by atoms with Crippen LogP contribution in [0.4, 0.5) is 11.5 Å². The van der Waals surface area contributed by atoms with Crippen LogP contribution in [0.1, 0.15) is 13.3 Å². The second-order valence-corrected chi connectivity index (χ2v) is 7.57. The minimum atomic E-state index is -3.81. The van der Waals surface area contributed by atoms with Gasteiger partial charge in [0.05, 0.1) is 24.5 Å². The van der Waals surface area contributed by atoms with Gasteiger partial charge in [-0.05, 0) is 31.5 Å². The van der Waals surface area contributed by atoms with E-state index in [0.29, 0.717) is 24.7 Å². The normalized spacial score (nSPS) is 19.3. The fourth-order valence-electron chi connectivity index (χ4n) is 3.38. The summed E-state index contributed by atoms with van der Waals surface area (Å²) in [5.74, 6) is 0.808. The third kappa shape index (κ3) is 2.21. The van der Waals surface area contributed by atoms with Crippen LogP contribution in [0.5, 0.6) is 5.75 Å². The van der Waals surface area contributed by atoms with Crippen molar-refractivity contribution in [2.45, 2.75) is 24.3 Å². The lowest BCUT2D eigenvalue weighted by Crippen LogP contribution is -2.46. The molecule has 2 aromatic rings. The van der Waals surface area contributed by atoms with E-state index in [0.717, 1.165) is 18.7 Å². The largest absolute Gasteiger partial charge is 0.492 e. The minimum Gasteiger partial charge on any atom is -0.492 e. The topological polar surface area (TPSA) is 75.6 Å². The average Bonchev–Trinajstić information content (AvgIpc) is 3.00. The highest BCUT2D eigenvalue weighted by atomic mass is 32.2. The van der Waals surface area contributed by atoms with E-state index in [1.807, 2.05) is 19.1 Å². The van der Waals surface area contributed by atoms with Crippen LogP contribution in [0.2, 0.25) is 0 Å². The average molecular weight is 346 g/mol. The molecule has 0 spiro atoms. The van der Waals surface area contributed by atoms with Gasteiger partial charge in [-0.1, -0.05) is 0 Å². The Hall–Kier alpha value is -2.35. The van der Waals surface area contributed by atoms with Crippen LogP contribution in [0.15, 0.2) is 41.7 Å². The molecular formula is C16H18N4O3S. The van der Waals surface area contributed by atoms with Crippen LogP contribution in [0, 0.1) is 0 Å². The van der Waals surface area contributed by atoms with Gasteiger partial charge >= 0.3 is 0 Å². The zero-order chi connectivity index (χ0) is 16.7. The Morgan fingerprint density at radius 2 is 2.21 bits per heavy atom. The molecule has 4 rings (SSSR count). The highest BCUT2D eigenvalue weighted by Crippen LogP contribution is 2.42. The summed E-state index contributed by atoms with van der Waals surface area (Å²) in [4.78, 5) is 10.6. The van der Waals surface area contributed by atoms with Crippen molar-refractivity contribution in [1.82, 2.24) is 9.97 Å². The second-order valence-electron chi connectivity index (χ2n) is 5.79. The number of ether oxygens (including phenoxy) is 1. The van der Waals surface area contributed by atoms with E-state index in [1.165, 1.54) is 16.7 Å². The minimum absolute atomic E-state index is 0.0869. The molecule has 2 aliphatic heterocycles. The summed E-state index contributed by atoms with van der Waals surface area (Å²) in [7, 11) is -3.81. The van der Waals surface area contributed by atoms with Crippen molar-refractivity contribution in [3.05, 3.63) is 36.8 Å². The van der Waals surface area contributed by atoms with E-state index in [-0.39, 0.29) is 10.9 Å². The van der Waals surface area contributed by atoms with Gasteiger partial charge in [0, 0.05) is 25.5 Å².